The number of fused-ring (bicyclic) bond motifs is 1. The van der Waals surface area contributed by atoms with E-state index in [1.54, 1.807) is 18.3 Å². The molecule has 1 aromatic carbocycles. The fourth-order valence-electron chi connectivity index (χ4n) is 2.89. The lowest BCUT2D eigenvalue weighted by Crippen LogP contribution is -1.98. The zero-order valence-electron chi connectivity index (χ0n) is 13.1. The van der Waals surface area contributed by atoms with Crippen LogP contribution in [0.3, 0.4) is 0 Å². The number of carboxylic acid groups (broad SMARTS) is 1. The van der Waals surface area contributed by atoms with Gasteiger partial charge in [-0.05, 0) is 49.2 Å². The standard InChI is InChI=1S/C16H14N6O2S/c23-15(24)10-6-4-9(5-7-10)8-17-22-14(20-21-16(22)25)13-11-2-1-3-12(11)18-19-13/h4-8H,1-3H2,(H,18,19)(H,21,25)(H,23,24)/b17-8-. The van der Waals surface area contributed by atoms with Gasteiger partial charge in [0, 0.05) is 11.3 Å². The summed E-state index contributed by atoms with van der Waals surface area (Å²) in [6, 6.07) is 6.42. The maximum absolute atomic E-state index is 10.9. The molecule has 4 rings (SSSR count). The van der Waals surface area contributed by atoms with Crippen LogP contribution in [0.5, 0.6) is 0 Å². The molecule has 2 heterocycles. The number of rotatable bonds is 4. The predicted octanol–water partition coefficient (Wildman–Crippen LogP) is 2.40. The minimum Gasteiger partial charge on any atom is -0.478 e. The van der Waals surface area contributed by atoms with Crippen LogP contribution in [-0.4, -0.2) is 42.4 Å². The van der Waals surface area contributed by atoms with Crippen LogP contribution in [0.1, 0.15) is 33.6 Å². The first-order chi connectivity index (χ1) is 12.1. The molecule has 8 nitrogen and oxygen atoms in total. The second-order valence-corrected chi connectivity index (χ2v) is 6.11. The van der Waals surface area contributed by atoms with E-state index in [9.17, 15) is 4.79 Å². The van der Waals surface area contributed by atoms with E-state index in [2.05, 4.69) is 25.5 Å². The van der Waals surface area contributed by atoms with Crippen molar-refractivity contribution in [1.82, 2.24) is 25.1 Å². The first-order valence-electron chi connectivity index (χ1n) is 7.75. The van der Waals surface area contributed by atoms with Crippen LogP contribution in [-0.2, 0) is 12.8 Å². The van der Waals surface area contributed by atoms with Crippen LogP contribution in [0, 0.1) is 4.77 Å². The van der Waals surface area contributed by atoms with E-state index >= 15 is 0 Å². The zero-order valence-corrected chi connectivity index (χ0v) is 13.9. The van der Waals surface area contributed by atoms with E-state index in [0.29, 0.717) is 10.6 Å². The average Bonchev–Trinajstić information content (AvgIpc) is 3.29. The Labute approximate surface area is 147 Å². The Morgan fingerprint density at radius 1 is 1.24 bits per heavy atom. The molecule has 0 bridgehead atoms. The van der Waals surface area contributed by atoms with Crippen molar-refractivity contribution < 1.29 is 9.90 Å². The van der Waals surface area contributed by atoms with Crippen LogP contribution in [0.15, 0.2) is 29.4 Å². The quantitative estimate of drug-likeness (QED) is 0.492. The van der Waals surface area contributed by atoms with Crippen LogP contribution in [0.2, 0.25) is 0 Å². The second-order valence-electron chi connectivity index (χ2n) is 5.72. The molecular weight excluding hydrogens is 340 g/mol. The van der Waals surface area contributed by atoms with Crippen LogP contribution in [0.25, 0.3) is 11.5 Å². The van der Waals surface area contributed by atoms with Crippen LogP contribution in [0.4, 0.5) is 0 Å². The molecule has 3 aromatic rings. The summed E-state index contributed by atoms with van der Waals surface area (Å²) < 4.78 is 1.89. The molecule has 25 heavy (non-hydrogen) atoms. The minimum absolute atomic E-state index is 0.227. The second kappa shape index (κ2) is 6.10. The lowest BCUT2D eigenvalue weighted by atomic mass is 10.1. The summed E-state index contributed by atoms with van der Waals surface area (Å²) >= 11 is 5.26. The number of H-pyrrole nitrogens is 2. The minimum atomic E-state index is -0.963. The molecule has 3 N–H and O–H groups in total. The normalized spacial score (nSPS) is 13.4. The number of benzene rings is 1. The van der Waals surface area contributed by atoms with Gasteiger partial charge in [-0.1, -0.05) is 12.1 Å². The maximum Gasteiger partial charge on any atom is 0.335 e. The number of hydrogen-bond donors (Lipinski definition) is 3. The van der Waals surface area contributed by atoms with Gasteiger partial charge in [-0.2, -0.15) is 20.0 Å². The van der Waals surface area contributed by atoms with Gasteiger partial charge in [0.1, 0.15) is 5.69 Å². The Balaban J connectivity index is 1.68. The molecular formula is C16H14N6O2S. The molecule has 0 amide bonds. The van der Waals surface area contributed by atoms with Crippen molar-refractivity contribution in [2.45, 2.75) is 19.3 Å². The number of aryl methyl sites for hydroxylation is 1. The van der Waals surface area contributed by atoms with E-state index in [4.69, 9.17) is 17.3 Å². The van der Waals surface area contributed by atoms with E-state index in [0.717, 1.165) is 41.8 Å². The van der Waals surface area contributed by atoms with E-state index in [1.807, 2.05) is 0 Å². The highest BCUT2D eigenvalue weighted by molar-refractivity contribution is 7.71. The van der Waals surface area contributed by atoms with Gasteiger partial charge in [-0.15, -0.1) is 0 Å². The Hall–Kier alpha value is -3.07. The first kappa shape index (κ1) is 15.5. The van der Waals surface area contributed by atoms with Crippen molar-refractivity contribution in [1.29, 1.82) is 0 Å². The summed E-state index contributed by atoms with van der Waals surface area (Å²) in [4.78, 5) is 10.9. The highest BCUT2D eigenvalue weighted by Gasteiger charge is 2.23. The summed E-state index contributed by atoms with van der Waals surface area (Å²) in [5.41, 5.74) is 4.05. The molecule has 0 atom stereocenters. The molecule has 0 radical (unpaired) electrons. The lowest BCUT2D eigenvalue weighted by Gasteiger charge is -2.00. The summed E-state index contributed by atoms with van der Waals surface area (Å²) in [5.74, 6) is -0.405. The number of nitrogens with one attached hydrogen (secondary N) is 2. The van der Waals surface area contributed by atoms with Crippen molar-refractivity contribution in [3.8, 4) is 11.5 Å². The Morgan fingerprint density at radius 3 is 2.80 bits per heavy atom. The zero-order chi connectivity index (χ0) is 17.4. The molecule has 1 aliphatic rings. The number of aromatic carboxylic acids is 1. The third kappa shape index (κ3) is 2.78. The molecule has 0 saturated heterocycles. The van der Waals surface area contributed by atoms with Crippen LogP contribution < -0.4 is 0 Å². The van der Waals surface area contributed by atoms with Gasteiger partial charge in [0.05, 0.1) is 11.8 Å². The molecule has 126 valence electrons. The van der Waals surface area contributed by atoms with Crippen molar-refractivity contribution in [2.24, 2.45) is 5.10 Å². The molecule has 9 heteroatoms. The molecule has 0 aliphatic heterocycles. The lowest BCUT2D eigenvalue weighted by molar-refractivity contribution is 0.0697. The van der Waals surface area contributed by atoms with E-state index in [-0.39, 0.29) is 5.56 Å². The number of carbonyl (C=O) groups is 1. The Kier molecular flexibility index (Phi) is 3.77. The number of carboxylic acids is 1. The van der Waals surface area contributed by atoms with Crippen molar-refractivity contribution in [3.63, 3.8) is 0 Å². The molecule has 0 spiro atoms. The van der Waals surface area contributed by atoms with E-state index < -0.39 is 5.97 Å². The highest BCUT2D eigenvalue weighted by atomic mass is 32.1. The molecule has 0 unspecified atom stereocenters. The molecule has 2 aromatic heterocycles. The van der Waals surface area contributed by atoms with Crippen molar-refractivity contribution in [3.05, 3.63) is 51.4 Å². The number of aromatic nitrogens is 5. The van der Waals surface area contributed by atoms with Gasteiger partial charge in [-0.25, -0.2) is 9.89 Å². The van der Waals surface area contributed by atoms with Gasteiger partial charge >= 0.3 is 5.97 Å². The monoisotopic (exact) mass is 354 g/mol. The third-order valence-electron chi connectivity index (χ3n) is 4.15. The predicted molar refractivity (Wildman–Crippen MR) is 93.4 cm³/mol. The van der Waals surface area contributed by atoms with E-state index in [1.165, 1.54) is 16.8 Å². The summed E-state index contributed by atoms with van der Waals surface area (Å²) in [6.45, 7) is 0. The first-order valence-corrected chi connectivity index (χ1v) is 8.16. The Morgan fingerprint density at radius 2 is 2.04 bits per heavy atom. The summed E-state index contributed by atoms with van der Waals surface area (Å²) in [5, 5.41) is 27.7. The fraction of sp³-hybridized carbons (Fsp3) is 0.188. The fourth-order valence-corrected chi connectivity index (χ4v) is 3.07. The SMILES string of the molecule is O=C(O)c1ccc(/C=N\n2c(-c3n[nH]c4c3CCC4)n[nH]c2=S)cc1. The maximum atomic E-state index is 10.9. The number of nitrogens with zero attached hydrogens (tertiary/aromatic N) is 4. The average molecular weight is 354 g/mol. The van der Waals surface area contributed by atoms with Gasteiger partial charge in [0.25, 0.3) is 0 Å². The third-order valence-corrected chi connectivity index (χ3v) is 4.41. The molecule has 0 fully saturated rings. The largest absolute Gasteiger partial charge is 0.478 e. The smallest absolute Gasteiger partial charge is 0.335 e. The summed E-state index contributed by atoms with van der Waals surface area (Å²) in [6.07, 6.45) is 4.65. The van der Waals surface area contributed by atoms with Gasteiger partial charge in [0.15, 0.2) is 0 Å². The number of hydrogen-bond acceptors (Lipinski definition) is 5. The van der Waals surface area contributed by atoms with Gasteiger partial charge in [0.2, 0.25) is 10.6 Å². The van der Waals surface area contributed by atoms with Gasteiger partial charge in [-0.3, -0.25) is 5.10 Å². The number of aromatic amines is 2. The highest BCUT2D eigenvalue weighted by Crippen LogP contribution is 2.29. The molecule has 1 aliphatic carbocycles. The van der Waals surface area contributed by atoms with Crippen molar-refractivity contribution >= 4 is 24.4 Å². The van der Waals surface area contributed by atoms with Gasteiger partial charge < -0.3 is 5.11 Å². The Bertz CT molecular complexity index is 1030. The van der Waals surface area contributed by atoms with Crippen LogP contribution >= 0.6 is 12.2 Å². The molecule has 0 saturated carbocycles. The topological polar surface area (TPSA) is 112 Å². The van der Waals surface area contributed by atoms with Crippen molar-refractivity contribution in [2.75, 3.05) is 0 Å². The summed E-state index contributed by atoms with van der Waals surface area (Å²) in [7, 11) is 0.